The predicted molar refractivity (Wildman–Crippen MR) is 55.5 cm³/mol. The third-order valence-electron chi connectivity index (χ3n) is 2.10. The minimum absolute atomic E-state index is 0. The zero-order valence-electron chi connectivity index (χ0n) is 10.9. The SMILES string of the molecule is CC(C)[n+]1cc(C[N+](C)(C)C)n(C)n1.[I-].[I-]. The van der Waals surface area contributed by atoms with E-state index in [0.29, 0.717) is 6.04 Å². The van der Waals surface area contributed by atoms with Gasteiger partial charge in [0.1, 0.15) is 19.6 Å². The van der Waals surface area contributed by atoms with E-state index in [1.165, 1.54) is 5.69 Å². The molecule has 1 rings (SSSR count). The first-order valence-electron chi connectivity index (χ1n) is 5.04. The maximum atomic E-state index is 4.42. The van der Waals surface area contributed by atoms with Crippen LogP contribution >= 0.6 is 0 Å². The lowest BCUT2D eigenvalue weighted by Gasteiger charge is -2.21. The van der Waals surface area contributed by atoms with Crippen molar-refractivity contribution in [1.82, 2.24) is 9.90 Å². The van der Waals surface area contributed by atoms with Crippen molar-refractivity contribution in [1.29, 1.82) is 0 Å². The summed E-state index contributed by atoms with van der Waals surface area (Å²) in [5, 5.41) is 4.42. The van der Waals surface area contributed by atoms with Gasteiger partial charge in [0, 0.05) is 0 Å². The highest BCUT2D eigenvalue weighted by Gasteiger charge is 2.20. The van der Waals surface area contributed by atoms with Gasteiger partial charge in [-0.15, -0.1) is 9.36 Å². The molecule has 1 aromatic heterocycles. The molecule has 0 aromatic carbocycles. The molecule has 0 radical (unpaired) electrons. The molecular weight excluding hydrogens is 430 g/mol. The van der Waals surface area contributed by atoms with Gasteiger partial charge >= 0.3 is 0 Å². The molecule has 0 saturated carbocycles. The van der Waals surface area contributed by atoms with E-state index in [1.807, 2.05) is 16.4 Å². The summed E-state index contributed by atoms with van der Waals surface area (Å²) in [5.74, 6) is 0. The number of quaternary nitrogens is 1. The van der Waals surface area contributed by atoms with Gasteiger partial charge in [0.05, 0.1) is 26.4 Å². The highest BCUT2D eigenvalue weighted by Crippen LogP contribution is 2.03. The number of aromatic nitrogens is 3. The third kappa shape index (κ3) is 5.76. The minimum atomic E-state index is 0. The quantitative estimate of drug-likeness (QED) is 0.255. The maximum absolute atomic E-state index is 4.42. The van der Waals surface area contributed by atoms with Crippen molar-refractivity contribution in [2.45, 2.75) is 26.4 Å². The van der Waals surface area contributed by atoms with Crippen LogP contribution in [0.3, 0.4) is 0 Å². The van der Waals surface area contributed by atoms with Crippen LogP contribution in [0.2, 0.25) is 0 Å². The van der Waals surface area contributed by atoms with E-state index in [0.717, 1.165) is 11.0 Å². The number of hydrogen-bond acceptors (Lipinski definition) is 1. The lowest BCUT2D eigenvalue weighted by molar-refractivity contribution is -0.884. The number of nitrogens with zero attached hydrogens (tertiary/aromatic N) is 4. The molecule has 0 saturated heterocycles. The van der Waals surface area contributed by atoms with Crippen molar-refractivity contribution in [3.63, 3.8) is 0 Å². The van der Waals surface area contributed by atoms with E-state index in [9.17, 15) is 0 Å². The van der Waals surface area contributed by atoms with Crippen LogP contribution in [0.5, 0.6) is 0 Å². The summed E-state index contributed by atoms with van der Waals surface area (Å²) >= 11 is 0. The predicted octanol–water partition coefficient (Wildman–Crippen LogP) is -5.50. The third-order valence-corrected chi connectivity index (χ3v) is 2.10. The van der Waals surface area contributed by atoms with Gasteiger partial charge in [0.15, 0.2) is 6.20 Å². The largest absolute Gasteiger partial charge is 1.00 e. The topological polar surface area (TPSA) is 21.7 Å². The maximum Gasteiger partial charge on any atom is 0.221 e. The summed E-state index contributed by atoms with van der Waals surface area (Å²) in [6.07, 6.45) is 2.13. The van der Waals surface area contributed by atoms with Crippen LogP contribution in [-0.2, 0) is 13.6 Å². The molecule has 16 heavy (non-hydrogen) atoms. The Morgan fingerprint density at radius 3 is 2.12 bits per heavy atom. The Balaban J connectivity index is 0. The van der Waals surface area contributed by atoms with Crippen LogP contribution in [0, 0.1) is 0 Å². The van der Waals surface area contributed by atoms with Gasteiger partial charge in [-0.2, -0.15) is 0 Å². The average molecular weight is 452 g/mol. The van der Waals surface area contributed by atoms with Gasteiger partial charge in [-0.05, 0) is 13.8 Å². The second kappa shape index (κ2) is 7.10. The van der Waals surface area contributed by atoms with Crippen molar-refractivity contribution in [3.8, 4) is 0 Å². The first-order chi connectivity index (χ1) is 6.29. The Labute approximate surface area is 133 Å². The Kier molecular flexibility index (Phi) is 8.39. The summed E-state index contributed by atoms with van der Waals surface area (Å²) < 4.78 is 4.89. The highest BCUT2D eigenvalue weighted by molar-refractivity contribution is 4.86. The molecule has 1 heterocycles. The van der Waals surface area contributed by atoms with Crippen molar-refractivity contribution >= 4 is 0 Å². The first kappa shape index (κ1) is 18.9. The van der Waals surface area contributed by atoms with Gasteiger partial charge in [0.25, 0.3) is 0 Å². The van der Waals surface area contributed by atoms with Crippen molar-refractivity contribution in [3.05, 3.63) is 11.9 Å². The number of halogens is 2. The van der Waals surface area contributed by atoms with Gasteiger partial charge in [-0.25, -0.2) is 0 Å². The molecule has 4 nitrogen and oxygen atoms in total. The lowest BCUT2D eigenvalue weighted by atomic mass is 10.3. The molecule has 0 aliphatic rings. The second-order valence-electron chi connectivity index (χ2n) is 5.16. The fourth-order valence-corrected chi connectivity index (χ4v) is 1.36. The van der Waals surface area contributed by atoms with Crippen LogP contribution in [0.15, 0.2) is 6.20 Å². The average Bonchev–Trinajstić information content (AvgIpc) is 2.29. The molecule has 0 aliphatic heterocycles. The zero-order valence-corrected chi connectivity index (χ0v) is 15.2. The molecule has 0 atom stereocenters. The van der Waals surface area contributed by atoms with Crippen LogP contribution in [0.1, 0.15) is 25.6 Å². The molecule has 1 aromatic rings. The summed E-state index contributed by atoms with van der Waals surface area (Å²) in [6, 6.07) is 0.433. The molecule has 0 bridgehead atoms. The summed E-state index contributed by atoms with van der Waals surface area (Å²) in [7, 11) is 8.57. The van der Waals surface area contributed by atoms with E-state index >= 15 is 0 Å². The number of aryl methyl sites for hydroxylation is 1. The number of hydrogen-bond donors (Lipinski definition) is 0. The Morgan fingerprint density at radius 2 is 1.81 bits per heavy atom. The minimum Gasteiger partial charge on any atom is -1.00 e. The molecule has 0 N–H and O–H groups in total. The van der Waals surface area contributed by atoms with Crippen LogP contribution < -0.4 is 52.6 Å². The molecular formula is C10H22I2N4. The normalized spacial score (nSPS) is 10.9. The Bertz CT molecular complexity index is 315. The molecule has 0 spiro atoms. The van der Waals surface area contributed by atoms with Gasteiger partial charge in [-0.1, -0.05) is 0 Å². The van der Waals surface area contributed by atoms with Crippen molar-refractivity contribution < 1.29 is 57.1 Å². The molecule has 0 fully saturated rings. The van der Waals surface area contributed by atoms with Crippen LogP contribution in [0.25, 0.3) is 0 Å². The van der Waals surface area contributed by atoms with Crippen molar-refractivity contribution in [2.75, 3.05) is 21.1 Å². The molecule has 0 amide bonds. The van der Waals surface area contributed by atoms with E-state index in [2.05, 4.69) is 46.4 Å². The van der Waals surface area contributed by atoms with E-state index < -0.39 is 0 Å². The van der Waals surface area contributed by atoms with E-state index in [-0.39, 0.29) is 48.0 Å². The lowest BCUT2D eigenvalue weighted by Crippen LogP contribution is -3.00. The van der Waals surface area contributed by atoms with Crippen LogP contribution in [0.4, 0.5) is 0 Å². The zero-order chi connectivity index (χ0) is 10.9. The summed E-state index contributed by atoms with van der Waals surface area (Å²) in [6.45, 7) is 5.29. The standard InChI is InChI=1S/C10H22N4.2HI/c1-9(2)13-7-10(12(3)11-13)8-14(4,5)6;;/h7,9H,8H2,1-6H3;2*1H/q+2;;/p-2. The van der Waals surface area contributed by atoms with Gasteiger partial charge in [-0.3, -0.25) is 0 Å². The van der Waals surface area contributed by atoms with Gasteiger partial charge < -0.3 is 52.4 Å². The van der Waals surface area contributed by atoms with Crippen molar-refractivity contribution in [2.24, 2.45) is 7.05 Å². The fourth-order valence-electron chi connectivity index (χ4n) is 1.36. The van der Waals surface area contributed by atoms with Crippen LogP contribution in [-0.4, -0.2) is 35.5 Å². The van der Waals surface area contributed by atoms with E-state index in [4.69, 9.17) is 0 Å². The molecule has 96 valence electrons. The second-order valence-corrected chi connectivity index (χ2v) is 5.16. The first-order valence-corrected chi connectivity index (χ1v) is 5.04. The smallest absolute Gasteiger partial charge is 0.221 e. The monoisotopic (exact) mass is 452 g/mol. The Morgan fingerprint density at radius 1 is 1.31 bits per heavy atom. The molecule has 0 unspecified atom stereocenters. The highest BCUT2D eigenvalue weighted by atomic mass is 127. The Hall–Kier alpha value is 0.560. The molecule has 6 heteroatoms. The summed E-state index contributed by atoms with van der Waals surface area (Å²) in [5.41, 5.74) is 1.27. The number of rotatable bonds is 3. The van der Waals surface area contributed by atoms with Gasteiger partial charge in [0.2, 0.25) is 5.69 Å². The molecule has 0 aliphatic carbocycles. The summed E-state index contributed by atoms with van der Waals surface area (Å²) in [4.78, 5) is 0. The fraction of sp³-hybridized carbons (Fsp3) is 0.800. The van der Waals surface area contributed by atoms with E-state index in [1.54, 1.807) is 0 Å².